The summed E-state index contributed by atoms with van der Waals surface area (Å²) < 4.78 is 5.04. The molecule has 2 N–H and O–H groups in total. The summed E-state index contributed by atoms with van der Waals surface area (Å²) in [6, 6.07) is 18.8. The molecule has 0 radical (unpaired) electrons. The van der Waals surface area contributed by atoms with Crippen LogP contribution in [0.5, 0.6) is 0 Å². The Morgan fingerprint density at radius 1 is 1.00 bits per heavy atom. The highest BCUT2D eigenvalue weighted by molar-refractivity contribution is 6.32. The van der Waals surface area contributed by atoms with Crippen molar-refractivity contribution in [3.05, 3.63) is 94.0 Å². The number of hydrogen-bond acceptors (Lipinski definition) is 6. The zero-order valence-electron chi connectivity index (χ0n) is 21.4. The molecule has 3 aromatic carbocycles. The molecule has 1 spiro atoms. The van der Waals surface area contributed by atoms with Gasteiger partial charge in [-0.2, -0.15) is 0 Å². The van der Waals surface area contributed by atoms with E-state index in [2.05, 4.69) is 10.6 Å². The van der Waals surface area contributed by atoms with Crippen molar-refractivity contribution in [3.63, 3.8) is 0 Å². The van der Waals surface area contributed by atoms with Gasteiger partial charge in [-0.15, -0.1) is 0 Å². The predicted octanol–water partition coefficient (Wildman–Crippen LogP) is 3.99. The summed E-state index contributed by atoms with van der Waals surface area (Å²) in [5, 5.41) is 6.89. The summed E-state index contributed by atoms with van der Waals surface area (Å²) in [6.45, 7) is 3.77. The van der Waals surface area contributed by atoms with E-state index in [1.165, 1.54) is 12.1 Å². The molecule has 0 bridgehead atoms. The lowest BCUT2D eigenvalue weighted by Gasteiger charge is -2.29. The number of halogens is 1. The Labute approximate surface area is 230 Å². The lowest BCUT2D eigenvalue weighted by atomic mass is 9.76. The molecule has 198 valence electrons. The van der Waals surface area contributed by atoms with E-state index in [9.17, 15) is 19.2 Å². The predicted molar refractivity (Wildman–Crippen MR) is 145 cm³/mol. The van der Waals surface area contributed by atoms with Crippen LogP contribution in [0.2, 0.25) is 5.02 Å². The first-order valence-electron chi connectivity index (χ1n) is 12.9. The molecule has 3 aliphatic heterocycles. The molecule has 3 aromatic rings. The first-order valence-corrected chi connectivity index (χ1v) is 13.2. The minimum absolute atomic E-state index is 0.235. The Morgan fingerprint density at radius 2 is 1.72 bits per heavy atom. The smallest absolute Gasteiger partial charge is 0.338 e. The number of ether oxygens (including phenoxy) is 1. The Balaban J connectivity index is 1.45. The second kappa shape index (κ2) is 9.32. The molecule has 0 saturated carbocycles. The van der Waals surface area contributed by atoms with Crippen LogP contribution in [-0.2, 0) is 31.1 Å². The fourth-order valence-corrected chi connectivity index (χ4v) is 6.41. The van der Waals surface area contributed by atoms with E-state index in [1.807, 2.05) is 37.3 Å². The number of carbonyl (C=O) groups is 4. The van der Waals surface area contributed by atoms with Gasteiger partial charge in [-0.25, -0.2) is 9.69 Å². The zero-order chi connectivity index (χ0) is 27.5. The molecule has 9 heteroatoms. The van der Waals surface area contributed by atoms with Gasteiger partial charge in [0.1, 0.15) is 5.54 Å². The van der Waals surface area contributed by atoms with E-state index >= 15 is 0 Å². The van der Waals surface area contributed by atoms with Crippen LogP contribution in [0.25, 0.3) is 0 Å². The number of benzene rings is 3. The number of anilines is 2. The van der Waals surface area contributed by atoms with Gasteiger partial charge in [0.05, 0.1) is 35.4 Å². The van der Waals surface area contributed by atoms with E-state index in [-0.39, 0.29) is 18.4 Å². The van der Waals surface area contributed by atoms with Crippen LogP contribution in [0, 0.1) is 18.8 Å². The number of carbonyl (C=O) groups excluding carboxylic acids is 4. The first kappa shape index (κ1) is 25.3. The van der Waals surface area contributed by atoms with Crippen LogP contribution in [-0.4, -0.2) is 36.3 Å². The molecule has 2 saturated heterocycles. The summed E-state index contributed by atoms with van der Waals surface area (Å²) in [5.74, 6) is -3.47. The second-order valence-corrected chi connectivity index (χ2v) is 10.5. The Kier molecular flexibility index (Phi) is 6.04. The molecule has 3 heterocycles. The lowest BCUT2D eigenvalue weighted by Crippen LogP contribution is -2.53. The number of amides is 3. The monoisotopic (exact) mass is 543 g/mol. The zero-order valence-corrected chi connectivity index (χ0v) is 22.1. The van der Waals surface area contributed by atoms with Gasteiger partial charge in [-0.1, -0.05) is 48.0 Å². The van der Waals surface area contributed by atoms with Crippen LogP contribution in [0.15, 0.2) is 66.7 Å². The number of imide groups is 1. The van der Waals surface area contributed by atoms with Crippen molar-refractivity contribution in [1.82, 2.24) is 5.32 Å². The fourth-order valence-electron chi connectivity index (χ4n) is 6.25. The maximum atomic E-state index is 14.2. The van der Waals surface area contributed by atoms with Crippen LogP contribution in [0.1, 0.15) is 34.0 Å². The van der Waals surface area contributed by atoms with Gasteiger partial charge in [-0.05, 0) is 61.7 Å². The molecule has 6 rings (SSSR count). The van der Waals surface area contributed by atoms with Gasteiger partial charge in [-0.3, -0.25) is 19.7 Å². The summed E-state index contributed by atoms with van der Waals surface area (Å²) in [4.78, 5) is 55.2. The molecular weight excluding hydrogens is 518 g/mol. The molecule has 4 unspecified atom stereocenters. The number of fused-ring (bicyclic) bond motifs is 4. The molecule has 0 aliphatic carbocycles. The summed E-state index contributed by atoms with van der Waals surface area (Å²) >= 11 is 6.36. The summed E-state index contributed by atoms with van der Waals surface area (Å²) in [5.41, 5.74) is 2.09. The minimum atomic E-state index is -1.43. The van der Waals surface area contributed by atoms with Crippen molar-refractivity contribution in [2.75, 3.05) is 16.8 Å². The van der Waals surface area contributed by atoms with Gasteiger partial charge in [0.25, 0.3) is 0 Å². The van der Waals surface area contributed by atoms with Crippen LogP contribution < -0.4 is 15.5 Å². The normalized spacial score (nSPS) is 25.2. The molecule has 3 aliphatic rings. The van der Waals surface area contributed by atoms with Gasteiger partial charge in [0.15, 0.2) is 0 Å². The van der Waals surface area contributed by atoms with Gasteiger partial charge in [0.2, 0.25) is 17.7 Å². The van der Waals surface area contributed by atoms with E-state index in [1.54, 1.807) is 31.2 Å². The minimum Gasteiger partial charge on any atom is -0.462 e. The SMILES string of the molecule is CCOC(=O)c1ccc(N2C(=O)C3C(Cc4ccccc4)NC4(C(=O)Nc5c4ccc(Cl)c5C)C3C2=O)cc1. The summed E-state index contributed by atoms with van der Waals surface area (Å²) in [6.07, 6.45) is 0.452. The first-order chi connectivity index (χ1) is 18.8. The van der Waals surface area contributed by atoms with Crippen LogP contribution in [0.4, 0.5) is 11.4 Å². The molecule has 3 amide bonds. The number of nitrogens with one attached hydrogen (secondary N) is 2. The van der Waals surface area contributed by atoms with E-state index < -0.39 is 35.3 Å². The third-order valence-corrected chi connectivity index (χ3v) is 8.43. The van der Waals surface area contributed by atoms with Crippen molar-refractivity contribution in [2.24, 2.45) is 11.8 Å². The topological polar surface area (TPSA) is 105 Å². The van der Waals surface area contributed by atoms with E-state index in [0.29, 0.717) is 39.5 Å². The molecule has 2 fully saturated rings. The van der Waals surface area contributed by atoms with Crippen LogP contribution in [0.3, 0.4) is 0 Å². The Hall–Kier alpha value is -4.01. The molecule has 39 heavy (non-hydrogen) atoms. The Morgan fingerprint density at radius 3 is 2.41 bits per heavy atom. The number of esters is 1. The van der Waals surface area contributed by atoms with Gasteiger partial charge >= 0.3 is 5.97 Å². The largest absolute Gasteiger partial charge is 0.462 e. The number of hydrogen-bond donors (Lipinski definition) is 2. The van der Waals surface area contributed by atoms with Crippen molar-refractivity contribution in [3.8, 4) is 0 Å². The highest BCUT2D eigenvalue weighted by atomic mass is 35.5. The van der Waals surface area contributed by atoms with E-state index in [0.717, 1.165) is 10.5 Å². The quantitative estimate of drug-likeness (QED) is 0.372. The van der Waals surface area contributed by atoms with Crippen molar-refractivity contribution >= 4 is 46.7 Å². The highest BCUT2D eigenvalue weighted by Gasteiger charge is 2.70. The van der Waals surface area contributed by atoms with Gasteiger partial charge in [0, 0.05) is 16.6 Å². The molecule has 8 nitrogen and oxygen atoms in total. The third kappa shape index (κ3) is 3.70. The maximum absolute atomic E-state index is 14.2. The van der Waals surface area contributed by atoms with Gasteiger partial charge < -0.3 is 10.1 Å². The van der Waals surface area contributed by atoms with Crippen molar-refractivity contribution in [2.45, 2.75) is 31.8 Å². The standard InChI is InChI=1S/C30H26ClN3O5/c1-3-39-28(37)18-9-11-19(12-10-18)34-26(35)23-22(15-17-7-5-4-6-8-17)33-30(24(23)27(34)36)20-13-14-21(31)16(2)25(20)32-29(30)38/h4-14,22-24,33H,3,15H2,1-2H3,(H,32,38). The summed E-state index contributed by atoms with van der Waals surface area (Å²) in [7, 11) is 0. The van der Waals surface area contributed by atoms with Crippen molar-refractivity contribution in [1.29, 1.82) is 0 Å². The third-order valence-electron chi connectivity index (χ3n) is 8.02. The fraction of sp³-hybridized carbons (Fsp3) is 0.267. The Bertz CT molecular complexity index is 1520. The molecular formula is C30H26ClN3O5. The lowest BCUT2D eigenvalue weighted by molar-refractivity contribution is -0.130. The average molecular weight is 544 g/mol. The van der Waals surface area contributed by atoms with Crippen molar-refractivity contribution < 1.29 is 23.9 Å². The number of nitrogens with zero attached hydrogens (tertiary/aromatic N) is 1. The number of rotatable bonds is 5. The molecule has 0 aromatic heterocycles. The highest BCUT2D eigenvalue weighted by Crippen LogP contribution is 2.55. The van der Waals surface area contributed by atoms with Crippen LogP contribution >= 0.6 is 11.6 Å². The maximum Gasteiger partial charge on any atom is 0.338 e. The molecule has 4 atom stereocenters. The van der Waals surface area contributed by atoms with E-state index in [4.69, 9.17) is 16.3 Å². The average Bonchev–Trinajstić information content (AvgIpc) is 3.51. The second-order valence-electron chi connectivity index (χ2n) is 10.1.